The van der Waals surface area contributed by atoms with Crippen LogP contribution < -0.4 is 11.1 Å². The summed E-state index contributed by atoms with van der Waals surface area (Å²) in [5, 5.41) is 12.9. The highest BCUT2D eigenvalue weighted by Crippen LogP contribution is 2.34. The highest BCUT2D eigenvalue weighted by Gasteiger charge is 2.08. The number of nitrogen functional groups attached to an aromatic ring is 1. The number of para-hydroxylation sites is 1. The standard InChI is InChI=1S/C13H9Cl2N3/c14-9-2-1-3-10(15)13(9)18-12-6-8(7-16)4-5-11(12)17/h1-6,18H,17H2. The van der Waals surface area contributed by atoms with Crippen molar-refractivity contribution in [3.8, 4) is 6.07 Å². The second-order valence-corrected chi connectivity index (χ2v) is 4.45. The van der Waals surface area contributed by atoms with Crippen LogP contribution in [0.4, 0.5) is 17.1 Å². The van der Waals surface area contributed by atoms with E-state index in [0.29, 0.717) is 32.7 Å². The van der Waals surface area contributed by atoms with Crippen molar-refractivity contribution in [2.24, 2.45) is 0 Å². The van der Waals surface area contributed by atoms with Crippen LogP contribution >= 0.6 is 23.2 Å². The van der Waals surface area contributed by atoms with Crippen LogP contribution in [0.3, 0.4) is 0 Å². The number of nitrogens with zero attached hydrogens (tertiary/aromatic N) is 1. The minimum absolute atomic E-state index is 0.490. The van der Waals surface area contributed by atoms with E-state index < -0.39 is 0 Å². The normalized spacial score (nSPS) is 9.83. The fourth-order valence-corrected chi connectivity index (χ4v) is 1.98. The van der Waals surface area contributed by atoms with Crippen LogP contribution in [0.15, 0.2) is 36.4 Å². The van der Waals surface area contributed by atoms with Gasteiger partial charge in [0.1, 0.15) is 0 Å². The molecule has 0 saturated heterocycles. The second-order valence-electron chi connectivity index (χ2n) is 3.64. The lowest BCUT2D eigenvalue weighted by Gasteiger charge is -2.12. The van der Waals surface area contributed by atoms with Gasteiger partial charge in [0.15, 0.2) is 0 Å². The van der Waals surface area contributed by atoms with Gasteiger partial charge < -0.3 is 11.1 Å². The molecule has 2 aromatic rings. The quantitative estimate of drug-likeness (QED) is 0.809. The van der Waals surface area contributed by atoms with Crippen LogP contribution in [-0.4, -0.2) is 0 Å². The summed E-state index contributed by atoms with van der Waals surface area (Å²) in [6, 6.07) is 12.2. The molecule has 0 amide bonds. The lowest BCUT2D eigenvalue weighted by atomic mass is 10.2. The zero-order chi connectivity index (χ0) is 13.1. The van der Waals surface area contributed by atoms with Crippen LogP contribution in [0.2, 0.25) is 10.0 Å². The van der Waals surface area contributed by atoms with E-state index in [1.807, 2.05) is 6.07 Å². The van der Waals surface area contributed by atoms with Crippen molar-refractivity contribution in [3.05, 3.63) is 52.0 Å². The molecule has 0 radical (unpaired) electrons. The van der Waals surface area contributed by atoms with Crippen molar-refractivity contribution in [1.29, 1.82) is 5.26 Å². The minimum Gasteiger partial charge on any atom is -0.397 e. The highest BCUT2D eigenvalue weighted by molar-refractivity contribution is 6.39. The summed E-state index contributed by atoms with van der Waals surface area (Å²) < 4.78 is 0. The summed E-state index contributed by atoms with van der Waals surface area (Å²) in [5.41, 5.74) is 8.03. The molecule has 0 heterocycles. The molecule has 0 aliphatic heterocycles. The molecule has 0 aliphatic carbocycles. The number of hydrogen-bond acceptors (Lipinski definition) is 3. The SMILES string of the molecule is N#Cc1ccc(N)c(Nc2c(Cl)cccc2Cl)c1. The summed E-state index contributed by atoms with van der Waals surface area (Å²) >= 11 is 12.1. The average molecular weight is 278 g/mol. The Morgan fingerprint density at radius 3 is 2.39 bits per heavy atom. The molecule has 0 bridgehead atoms. The molecule has 0 unspecified atom stereocenters. The third kappa shape index (κ3) is 2.51. The molecule has 5 heteroatoms. The first-order valence-electron chi connectivity index (χ1n) is 5.12. The Hall–Kier alpha value is -1.89. The van der Waals surface area contributed by atoms with E-state index >= 15 is 0 Å². The van der Waals surface area contributed by atoms with Crippen molar-refractivity contribution in [3.63, 3.8) is 0 Å². The first-order chi connectivity index (χ1) is 8.61. The molecule has 3 nitrogen and oxygen atoms in total. The summed E-state index contributed by atoms with van der Waals surface area (Å²) in [6.45, 7) is 0. The zero-order valence-electron chi connectivity index (χ0n) is 9.24. The summed E-state index contributed by atoms with van der Waals surface area (Å²) in [5.74, 6) is 0. The number of nitriles is 1. The fourth-order valence-electron chi connectivity index (χ4n) is 1.49. The maximum Gasteiger partial charge on any atom is 0.0992 e. The molecule has 0 spiro atoms. The molecule has 0 aromatic heterocycles. The van der Waals surface area contributed by atoms with Gasteiger partial charge in [-0.3, -0.25) is 0 Å². The summed E-state index contributed by atoms with van der Waals surface area (Å²) in [7, 11) is 0. The van der Waals surface area contributed by atoms with E-state index in [1.54, 1.807) is 36.4 Å². The smallest absolute Gasteiger partial charge is 0.0992 e. The Morgan fingerprint density at radius 1 is 1.11 bits per heavy atom. The van der Waals surface area contributed by atoms with E-state index in [4.69, 9.17) is 34.2 Å². The number of nitrogens with one attached hydrogen (secondary N) is 1. The predicted octanol–water partition coefficient (Wildman–Crippen LogP) is 4.19. The van der Waals surface area contributed by atoms with Crippen molar-refractivity contribution in [1.82, 2.24) is 0 Å². The maximum absolute atomic E-state index is 8.86. The molecule has 0 fully saturated rings. The van der Waals surface area contributed by atoms with E-state index in [0.717, 1.165) is 0 Å². The van der Waals surface area contributed by atoms with Crippen LogP contribution in [0.5, 0.6) is 0 Å². The molecule has 18 heavy (non-hydrogen) atoms. The van der Waals surface area contributed by atoms with Gasteiger partial charge in [-0.05, 0) is 30.3 Å². The second kappa shape index (κ2) is 5.18. The molecule has 3 N–H and O–H groups in total. The van der Waals surface area contributed by atoms with Gasteiger partial charge >= 0.3 is 0 Å². The van der Waals surface area contributed by atoms with Crippen molar-refractivity contribution < 1.29 is 0 Å². The number of nitrogens with two attached hydrogens (primary N) is 1. The average Bonchev–Trinajstić information content (AvgIpc) is 2.36. The molecule has 0 aliphatic rings. The molecule has 90 valence electrons. The third-order valence-corrected chi connectivity index (χ3v) is 3.03. The Kier molecular flexibility index (Phi) is 3.61. The molecule has 0 atom stereocenters. The van der Waals surface area contributed by atoms with Crippen LogP contribution in [0.1, 0.15) is 5.56 Å². The van der Waals surface area contributed by atoms with E-state index in [9.17, 15) is 0 Å². The van der Waals surface area contributed by atoms with Gasteiger partial charge in [0.25, 0.3) is 0 Å². The number of rotatable bonds is 2. The largest absolute Gasteiger partial charge is 0.397 e. The monoisotopic (exact) mass is 277 g/mol. The first-order valence-corrected chi connectivity index (χ1v) is 5.88. The van der Waals surface area contributed by atoms with E-state index in [2.05, 4.69) is 5.32 Å². The van der Waals surface area contributed by atoms with Crippen molar-refractivity contribution in [2.45, 2.75) is 0 Å². The number of anilines is 3. The number of halogens is 2. The minimum atomic E-state index is 0.490. The Balaban J connectivity index is 2.43. The zero-order valence-corrected chi connectivity index (χ0v) is 10.8. The molecule has 0 saturated carbocycles. The van der Waals surface area contributed by atoms with Gasteiger partial charge in [0.05, 0.1) is 38.7 Å². The maximum atomic E-state index is 8.86. The van der Waals surface area contributed by atoms with Crippen LogP contribution in [-0.2, 0) is 0 Å². The third-order valence-electron chi connectivity index (χ3n) is 2.40. The summed E-state index contributed by atoms with van der Waals surface area (Å²) in [6.07, 6.45) is 0. The van der Waals surface area contributed by atoms with Gasteiger partial charge in [-0.25, -0.2) is 0 Å². The van der Waals surface area contributed by atoms with Crippen molar-refractivity contribution >= 4 is 40.3 Å². The van der Waals surface area contributed by atoms with Gasteiger partial charge in [-0.15, -0.1) is 0 Å². The summed E-state index contributed by atoms with van der Waals surface area (Å²) in [4.78, 5) is 0. The lowest BCUT2D eigenvalue weighted by molar-refractivity contribution is 1.47. The van der Waals surface area contributed by atoms with Crippen LogP contribution in [0.25, 0.3) is 0 Å². The number of hydrogen-bond donors (Lipinski definition) is 2. The van der Waals surface area contributed by atoms with Gasteiger partial charge in [0, 0.05) is 0 Å². The Morgan fingerprint density at radius 2 is 1.78 bits per heavy atom. The number of benzene rings is 2. The molecule has 2 aromatic carbocycles. The lowest BCUT2D eigenvalue weighted by Crippen LogP contribution is -1.98. The van der Waals surface area contributed by atoms with E-state index in [-0.39, 0.29) is 0 Å². The van der Waals surface area contributed by atoms with Gasteiger partial charge in [-0.1, -0.05) is 29.3 Å². The Bertz CT molecular complexity index is 612. The predicted molar refractivity (Wildman–Crippen MR) is 75.3 cm³/mol. The fraction of sp³-hybridized carbons (Fsp3) is 0. The van der Waals surface area contributed by atoms with E-state index in [1.165, 1.54) is 0 Å². The molecule has 2 rings (SSSR count). The topological polar surface area (TPSA) is 61.8 Å². The molecular formula is C13H9Cl2N3. The highest BCUT2D eigenvalue weighted by atomic mass is 35.5. The van der Waals surface area contributed by atoms with Crippen LogP contribution in [0, 0.1) is 11.3 Å². The Labute approximate surface area is 115 Å². The molecular weight excluding hydrogens is 269 g/mol. The van der Waals surface area contributed by atoms with Crippen molar-refractivity contribution in [2.75, 3.05) is 11.1 Å². The van der Waals surface area contributed by atoms with Gasteiger partial charge in [0.2, 0.25) is 0 Å². The first kappa shape index (κ1) is 12.6. The van der Waals surface area contributed by atoms with Gasteiger partial charge in [-0.2, -0.15) is 5.26 Å².